The number of carbonyl (C=O) groups is 1. The fraction of sp³-hybridized carbons (Fsp3) is 0.300. The van der Waals surface area contributed by atoms with Crippen LogP contribution in [0.2, 0.25) is 0 Å². The Hall–Kier alpha value is -3.53. The van der Waals surface area contributed by atoms with Crippen molar-refractivity contribution in [2.75, 3.05) is 13.1 Å². The number of primary amides is 1. The Bertz CT molecular complexity index is 1180. The summed E-state index contributed by atoms with van der Waals surface area (Å²) in [5.41, 5.74) is 12.0. The highest BCUT2D eigenvalue weighted by atomic mass is 16.3. The third-order valence-corrected chi connectivity index (χ3v) is 7.25. The van der Waals surface area contributed by atoms with Gasteiger partial charge >= 0.3 is 0 Å². The summed E-state index contributed by atoms with van der Waals surface area (Å²) >= 11 is 0. The maximum Gasteiger partial charge on any atom is 0.248 e. The van der Waals surface area contributed by atoms with Gasteiger partial charge in [0.05, 0.1) is 0 Å². The summed E-state index contributed by atoms with van der Waals surface area (Å²) in [4.78, 5) is 14.5. The average Bonchev–Trinajstić information content (AvgIpc) is 2.87. The topological polar surface area (TPSA) is 66.6 Å². The second kappa shape index (κ2) is 10.2. The van der Waals surface area contributed by atoms with Crippen LogP contribution in [-0.4, -0.2) is 29.0 Å². The summed E-state index contributed by atoms with van der Waals surface area (Å²) in [5, 5.41) is 10.3. The third-order valence-electron chi connectivity index (χ3n) is 7.25. The minimum Gasteiger partial charge on any atom is -0.508 e. The molecule has 0 unspecified atom stereocenters. The SMILES string of the molecule is CCc1c(C(N)=O)ccc(C2(c3cccc(O)c3)CCN(C=Cc3ccccc3)CC2)c1CC. The lowest BCUT2D eigenvalue weighted by Crippen LogP contribution is -2.42. The Balaban J connectivity index is 1.75. The summed E-state index contributed by atoms with van der Waals surface area (Å²) in [6, 6.07) is 22.1. The quantitative estimate of drug-likeness (QED) is 0.483. The largest absolute Gasteiger partial charge is 0.508 e. The van der Waals surface area contributed by atoms with E-state index < -0.39 is 0 Å². The zero-order chi connectivity index (χ0) is 24.1. The Morgan fingerprint density at radius 3 is 2.29 bits per heavy atom. The number of nitrogens with two attached hydrogens (primary N) is 1. The minimum absolute atomic E-state index is 0.235. The lowest BCUT2D eigenvalue weighted by Gasteiger charge is -2.44. The van der Waals surface area contributed by atoms with E-state index in [1.54, 1.807) is 6.07 Å². The normalized spacial score (nSPS) is 15.5. The number of piperidine rings is 1. The number of phenolic OH excluding ortho intramolecular Hbond substituents is 1. The maximum absolute atomic E-state index is 12.1. The van der Waals surface area contributed by atoms with Gasteiger partial charge in [-0.1, -0.05) is 62.4 Å². The zero-order valence-electron chi connectivity index (χ0n) is 20.1. The molecule has 0 aliphatic carbocycles. The van der Waals surface area contributed by atoms with Gasteiger partial charge in [0.2, 0.25) is 5.91 Å². The molecular weight excluding hydrogens is 420 g/mol. The van der Waals surface area contributed by atoms with Crippen molar-refractivity contribution in [1.82, 2.24) is 4.90 Å². The van der Waals surface area contributed by atoms with Gasteiger partial charge in [-0.05, 0) is 84.0 Å². The van der Waals surface area contributed by atoms with E-state index in [0.717, 1.165) is 49.9 Å². The number of benzene rings is 3. The van der Waals surface area contributed by atoms with Crippen LogP contribution in [0.3, 0.4) is 0 Å². The van der Waals surface area contributed by atoms with Crippen LogP contribution in [0.25, 0.3) is 6.08 Å². The third kappa shape index (κ3) is 4.58. The van der Waals surface area contributed by atoms with E-state index in [0.29, 0.717) is 5.56 Å². The van der Waals surface area contributed by atoms with Crippen LogP contribution in [0.15, 0.2) is 72.9 Å². The summed E-state index contributed by atoms with van der Waals surface area (Å²) in [6.07, 6.45) is 7.78. The van der Waals surface area contributed by atoms with Crippen LogP contribution >= 0.6 is 0 Å². The number of phenols is 1. The van der Waals surface area contributed by atoms with Crippen molar-refractivity contribution in [3.8, 4) is 5.75 Å². The van der Waals surface area contributed by atoms with Crippen LogP contribution < -0.4 is 5.73 Å². The Morgan fingerprint density at radius 1 is 0.971 bits per heavy atom. The second-order valence-electron chi connectivity index (χ2n) is 9.08. The van der Waals surface area contributed by atoms with Gasteiger partial charge < -0.3 is 15.7 Å². The van der Waals surface area contributed by atoms with Crippen molar-refractivity contribution in [1.29, 1.82) is 0 Å². The van der Waals surface area contributed by atoms with Crippen molar-refractivity contribution in [2.24, 2.45) is 5.73 Å². The molecule has 1 heterocycles. The Morgan fingerprint density at radius 2 is 1.68 bits per heavy atom. The van der Waals surface area contributed by atoms with Crippen LogP contribution in [0, 0.1) is 0 Å². The van der Waals surface area contributed by atoms with Crippen molar-refractivity contribution in [3.63, 3.8) is 0 Å². The van der Waals surface area contributed by atoms with E-state index >= 15 is 0 Å². The molecule has 34 heavy (non-hydrogen) atoms. The first-order valence-electron chi connectivity index (χ1n) is 12.2. The molecule has 1 aliphatic heterocycles. The molecular formula is C30H34N2O2. The van der Waals surface area contributed by atoms with Gasteiger partial charge in [-0.15, -0.1) is 0 Å². The molecule has 3 N–H and O–H groups in total. The first kappa shape index (κ1) is 23.6. The average molecular weight is 455 g/mol. The summed E-state index contributed by atoms with van der Waals surface area (Å²) in [6.45, 7) is 6.04. The van der Waals surface area contributed by atoms with Gasteiger partial charge in [-0.2, -0.15) is 0 Å². The highest BCUT2D eigenvalue weighted by Gasteiger charge is 2.39. The smallest absolute Gasteiger partial charge is 0.248 e. The predicted molar refractivity (Wildman–Crippen MR) is 139 cm³/mol. The monoisotopic (exact) mass is 454 g/mol. The molecule has 0 aromatic heterocycles. The predicted octanol–water partition coefficient (Wildman–Crippen LogP) is 5.67. The number of hydrogen-bond acceptors (Lipinski definition) is 3. The molecule has 3 aromatic rings. The fourth-order valence-electron chi connectivity index (χ4n) is 5.51. The van der Waals surface area contributed by atoms with Crippen molar-refractivity contribution in [3.05, 3.63) is 106 Å². The van der Waals surface area contributed by atoms with Crippen LogP contribution in [0.5, 0.6) is 5.75 Å². The van der Waals surface area contributed by atoms with Gasteiger partial charge in [0.15, 0.2) is 0 Å². The number of likely N-dealkylation sites (tertiary alicyclic amines) is 1. The Kier molecular flexibility index (Phi) is 7.06. The summed E-state index contributed by atoms with van der Waals surface area (Å²) < 4.78 is 0. The molecule has 1 saturated heterocycles. The summed E-state index contributed by atoms with van der Waals surface area (Å²) in [5.74, 6) is -0.0869. The molecule has 4 heteroatoms. The van der Waals surface area contributed by atoms with Gasteiger partial charge in [0.1, 0.15) is 5.75 Å². The van der Waals surface area contributed by atoms with Crippen LogP contribution in [-0.2, 0) is 18.3 Å². The first-order chi connectivity index (χ1) is 16.5. The lowest BCUT2D eigenvalue weighted by atomic mass is 9.65. The van der Waals surface area contributed by atoms with E-state index in [1.807, 2.05) is 24.3 Å². The van der Waals surface area contributed by atoms with E-state index in [-0.39, 0.29) is 17.1 Å². The standard InChI is InChI=1S/C30H34N2O2/c1-3-25-26(4-2)28(14-13-27(25)29(31)34)30(23-11-8-12-24(33)21-23)16-19-32(20-17-30)18-15-22-9-6-5-7-10-22/h5-15,18,21,33H,3-4,16-17,19-20H2,1-2H3,(H2,31,34). The Labute approximate surface area is 202 Å². The molecule has 0 bridgehead atoms. The molecule has 176 valence electrons. The number of nitrogens with zero attached hydrogens (tertiary/aromatic N) is 1. The molecule has 1 aliphatic rings. The molecule has 3 aromatic carbocycles. The number of amides is 1. The number of carbonyl (C=O) groups excluding carboxylic acids is 1. The molecule has 0 radical (unpaired) electrons. The van der Waals surface area contributed by atoms with Crippen molar-refractivity contribution < 1.29 is 9.90 Å². The first-order valence-corrected chi connectivity index (χ1v) is 12.2. The zero-order valence-corrected chi connectivity index (χ0v) is 20.1. The highest BCUT2D eigenvalue weighted by molar-refractivity contribution is 5.95. The van der Waals surface area contributed by atoms with Gasteiger partial charge in [-0.25, -0.2) is 0 Å². The van der Waals surface area contributed by atoms with Gasteiger partial charge in [0, 0.05) is 24.1 Å². The number of hydrogen-bond donors (Lipinski definition) is 2. The molecule has 1 fully saturated rings. The number of aromatic hydroxyl groups is 1. The van der Waals surface area contributed by atoms with Crippen molar-refractivity contribution >= 4 is 12.0 Å². The van der Waals surface area contributed by atoms with E-state index in [1.165, 1.54) is 16.7 Å². The van der Waals surface area contributed by atoms with Gasteiger partial charge in [0.25, 0.3) is 0 Å². The molecule has 0 saturated carbocycles. The number of rotatable bonds is 7. The molecule has 0 spiro atoms. The van der Waals surface area contributed by atoms with E-state index in [9.17, 15) is 9.90 Å². The molecule has 4 nitrogen and oxygen atoms in total. The summed E-state index contributed by atoms with van der Waals surface area (Å²) in [7, 11) is 0. The lowest BCUT2D eigenvalue weighted by molar-refractivity contribution is 0.0999. The second-order valence-corrected chi connectivity index (χ2v) is 9.08. The van der Waals surface area contributed by atoms with Crippen LogP contribution in [0.1, 0.15) is 64.9 Å². The maximum atomic E-state index is 12.1. The van der Waals surface area contributed by atoms with Crippen molar-refractivity contribution in [2.45, 2.75) is 44.9 Å². The fourth-order valence-corrected chi connectivity index (χ4v) is 5.51. The highest BCUT2D eigenvalue weighted by Crippen LogP contribution is 2.45. The minimum atomic E-state index is -0.370. The molecule has 0 atom stereocenters. The van der Waals surface area contributed by atoms with E-state index in [2.05, 4.69) is 67.4 Å². The van der Waals surface area contributed by atoms with Gasteiger partial charge in [-0.3, -0.25) is 4.79 Å². The van der Waals surface area contributed by atoms with E-state index in [4.69, 9.17) is 5.73 Å². The molecule has 4 rings (SSSR count). The molecule has 1 amide bonds. The van der Waals surface area contributed by atoms with Crippen LogP contribution in [0.4, 0.5) is 0 Å².